The molecule has 0 aromatic rings. The van der Waals surface area contributed by atoms with Gasteiger partial charge in [-0.3, -0.25) is 14.9 Å². The molecule has 0 fully saturated rings. The molecule has 0 aliphatic rings. The Kier molecular flexibility index (Phi) is 6.72. The Morgan fingerprint density at radius 3 is 2.06 bits per heavy atom. The Balaban J connectivity index is 4.20. The summed E-state index contributed by atoms with van der Waals surface area (Å²) < 4.78 is 0. The van der Waals surface area contributed by atoms with Crippen molar-refractivity contribution in [2.75, 3.05) is 19.6 Å². The zero-order valence-electron chi connectivity index (χ0n) is 10.5. The second-order valence-electron chi connectivity index (χ2n) is 4.01. The molecule has 1 amide bonds. The molecule has 0 spiro atoms. The first-order valence-corrected chi connectivity index (χ1v) is 5.67. The summed E-state index contributed by atoms with van der Waals surface area (Å²) in [5, 5.41) is 11.7. The van der Waals surface area contributed by atoms with E-state index >= 15 is 0 Å². The lowest BCUT2D eigenvalue weighted by Gasteiger charge is -2.22. The van der Waals surface area contributed by atoms with Gasteiger partial charge in [0.15, 0.2) is 0 Å². The van der Waals surface area contributed by atoms with E-state index in [1.165, 1.54) is 0 Å². The van der Waals surface area contributed by atoms with E-state index in [9.17, 15) is 9.59 Å². The van der Waals surface area contributed by atoms with Gasteiger partial charge in [-0.15, -0.1) is 0 Å². The van der Waals surface area contributed by atoms with Crippen molar-refractivity contribution in [3.63, 3.8) is 0 Å². The Bertz CT molecular complexity index is 237. The van der Waals surface area contributed by atoms with Gasteiger partial charge in [0.25, 0.3) is 0 Å². The highest BCUT2D eigenvalue weighted by atomic mass is 16.4. The molecule has 0 bridgehead atoms. The van der Waals surface area contributed by atoms with Gasteiger partial charge in [-0.25, -0.2) is 0 Å². The maximum Gasteiger partial charge on any atom is 0.320 e. The quantitative estimate of drug-likeness (QED) is 0.670. The van der Waals surface area contributed by atoms with Gasteiger partial charge in [-0.05, 0) is 19.8 Å². The van der Waals surface area contributed by atoms with Gasteiger partial charge in [-0.2, -0.15) is 0 Å². The maximum atomic E-state index is 11.6. The van der Waals surface area contributed by atoms with Crippen LogP contribution in [0.15, 0.2) is 0 Å². The molecule has 0 heterocycles. The molecule has 0 saturated carbocycles. The summed E-state index contributed by atoms with van der Waals surface area (Å²) in [6.07, 6.45) is 0. The first-order valence-electron chi connectivity index (χ1n) is 5.67. The van der Waals surface area contributed by atoms with E-state index in [-0.39, 0.29) is 18.4 Å². The Morgan fingerprint density at radius 2 is 1.75 bits per heavy atom. The van der Waals surface area contributed by atoms with Crippen LogP contribution >= 0.6 is 0 Å². The minimum Gasteiger partial charge on any atom is -0.480 e. The van der Waals surface area contributed by atoms with Crippen LogP contribution in [-0.4, -0.2) is 47.6 Å². The predicted molar refractivity (Wildman–Crippen MR) is 62.2 cm³/mol. The number of hydrogen-bond donors (Lipinski definition) is 2. The van der Waals surface area contributed by atoms with Crippen molar-refractivity contribution in [2.24, 2.45) is 5.92 Å². The first kappa shape index (κ1) is 14.9. The second-order valence-corrected chi connectivity index (χ2v) is 4.01. The van der Waals surface area contributed by atoms with Crippen LogP contribution in [0.25, 0.3) is 0 Å². The molecule has 0 aliphatic carbocycles. The van der Waals surface area contributed by atoms with Gasteiger partial charge in [0.1, 0.15) is 6.04 Å². The summed E-state index contributed by atoms with van der Waals surface area (Å²) in [5.74, 6) is -1.01. The van der Waals surface area contributed by atoms with Crippen molar-refractivity contribution in [3.05, 3.63) is 0 Å². The summed E-state index contributed by atoms with van der Waals surface area (Å²) in [6.45, 7) is 8.81. The maximum absolute atomic E-state index is 11.6. The third-order valence-electron chi connectivity index (χ3n) is 2.52. The topological polar surface area (TPSA) is 69.6 Å². The molecule has 5 nitrogen and oxygen atoms in total. The molecular weight excluding hydrogens is 208 g/mol. The number of carboxylic acids is 1. The third-order valence-corrected chi connectivity index (χ3v) is 2.52. The highest BCUT2D eigenvalue weighted by Gasteiger charge is 2.22. The molecule has 1 atom stereocenters. The van der Waals surface area contributed by atoms with Crippen molar-refractivity contribution in [2.45, 2.75) is 33.7 Å². The Labute approximate surface area is 96.8 Å². The van der Waals surface area contributed by atoms with Crippen molar-refractivity contribution in [1.82, 2.24) is 10.2 Å². The van der Waals surface area contributed by atoms with Gasteiger partial charge in [-0.1, -0.05) is 13.8 Å². The molecular formula is C11H22N2O3. The lowest BCUT2D eigenvalue weighted by Crippen LogP contribution is -2.46. The van der Waals surface area contributed by atoms with Crippen LogP contribution in [-0.2, 0) is 9.59 Å². The fourth-order valence-electron chi connectivity index (χ4n) is 1.49. The highest BCUT2D eigenvalue weighted by Crippen LogP contribution is 2.01. The van der Waals surface area contributed by atoms with Crippen LogP contribution in [0.1, 0.15) is 27.7 Å². The van der Waals surface area contributed by atoms with E-state index in [1.807, 2.05) is 27.7 Å². The summed E-state index contributed by atoms with van der Waals surface area (Å²) in [4.78, 5) is 24.2. The fourth-order valence-corrected chi connectivity index (χ4v) is 1.49. The lowest BCUT2D eigenvalue weighted by molar-refractivity contribution is -0.141. The molecule has 16 heavy (non-hydrogen) atoms. The zero-order chi connectivity index (χ0) is 12.7. The van der Waals surface area contributed by atoms with Crippen molar-refractivity contribution < 1.29 is 14.7 Å². The highest BCUT2D eigenvalue weighted by molar-refractivity contribution is 5.80. The van der Waals surface area contributed by atoms with Gasteiger partial charge < -0.3 is 10.0 Å². The molecule has 0 aromatic carbocycles. The van der Waals surface area contributed by atoms with Gasteiger partial charge in [0, 0.05) is 13.1 Å². The second kappa shape index (κ2) is 7.22. The number of nitrogens with one attached hydrogen (secondary N) is 1. The average Bonchev–Trinajstić information content (AvgIpc) is 2.18. The van der Waals surface area contributed by atoms with Crippen LogP contribution in [0.4, 0.5) is 0 Å². The predicted octanol–water partition coefficient (Wildman–Crippen LogP) is 0.554. The van der Waals surface area contributed by atoms with Crippen LogP contribution in [0.5, 0.6) is 0 Å². The number of carboxylic acid groups (broad SMARTS) is 1. The van der Waals surface area contributed by atoms with Gasteiger partial charge >= 0.3 is 5.97 Å². The largest absolute Gasteiger partial charge is 0.480 e. The van der Waals surface area contributed by atoms with Crippen LogP contribution in [0.2, 0.25) is 0 Å². The number of carbonyl (C=O) groups excluding carboxylic acids is 1. The van der Waals surface area contributed by atoms with Gasteiger partial charge in [0.05, 0.1) is 6.54 Å². The lowest BCUT2D eigenvalue weighted by atomic mass is 10.1. The summed E-state index contributed by atoms with van der Waals surface area (Å²) in [7, 11) is 0. The number of carbonyl (C=O) groups is 2. The average molecular weight is 230 g/mol. The summed E-state index contributed by atoms with van der Waals surface area (Å²) in [5.41, 5.74) is 0. The number of nitrogens with zero attached hydrogens (tertiary/aromatic N) is 1. The summed E-state index contributed by atoms with van der Waals surface area (Å²) >= 11 is 0. The van der Waals surface area contributed by atoms with E-state index in [2.05, 4.69) is 5.32 Å². The smallest absolute Gasteiger partial charge is 0.320 e. The minimum absolute atomic E-state index is 0.0398. The van der Waals surface area contributed by atoms with Crippen LogP contribution in [0, 0.1) is 5.92 Å². The van der Waals surface area contributed by atoms with E-state index in [0.29, 0.717) is 13.1 Å². The fraction of sp³-hybridized carbons (Fsp3) is 0.818. The molecule has 94 valence electrons. The molecule has 0 saturated heterocycles. The van der Waals surface area contributed by atoms with E-state index in [4.69, 9.17) is 5.11 Å². The zero-order valence-corrected chi connectivity index (χ0v) is 10.5. The van der Waals surface area contributed by atoms with Crippen molar-refractivity contribution in [1.29, 1.82) is 0 Å². The van der Waals surface area contributed by atoms with E-state index < -0.39 is 12.0 Å². The van der Waals surface area contributed by atoms with E-state index in [1.54, 1.807) is 4.90 Å². The summed E-state index contributed by atoms with van der Waals surface area (Å²) in [6, 6.07) is -0.667. The standard InChI is InChI=1S/C11H22N2O3/c1-5-13(6-2)9(14)7-12-10(8(3)4)11(15)16/h8,10,12H,5-7H2,1-4H3,(H,15,16). The SMILES string of the molecule is CCN(CC)C(=O)CNC(C(=O)O)C(C)C. The number of hydrogen-bond acceptors (Lipinski definition) is 3. The molecule has 0 radical (unpaired) electrons. The molecule has 1 unspecified atom stereocenters. The van der Waals surface area contributed by atoms with Crippen molar-refractivity contribution >= 4 is 11.9 Å². The van der Waals surface area contributed by atoms with Crippen molar-refractivity contribution in [3.8, 4) is 0 Å². The number of amides is 1. The van der Waals surface area contributed by atoms with Crippen LogP contribution < -0.4 is 5.32 Å². The Hall–Kier alpha value is -1.10. The monoisotopic (exact) mass is 230 g/mol. The van der Waals surface area contributed by atoms with Crippen LogP contribution in [0.3, 0.4) is 0 Å². The van der Waals surface area contributed by atoms with E-state index in [0.717, 1.165) is 0 Å². The molecule has 0 rings (SSSR count). The number of aliphatic carboxylic acids is 1. The molecule has 0 aliphatic heterocycles. The molecule has 5 heteroatoms. The number of likely N-dealkylation sites (N-methyl/N-ethyl adjacent to an activating group) is 1. The molecule has 0 aromatic heterocycles. The first-order chi connectivity index (χ1) is 7.43. The third kappa shape index (κ3) is 4.61. The number of rotatable bonds is 7. The Morgan fingerprint density at radius 1 is 1.25 bits per heavy atom. The normalized spacial score (nSPS) is 12.6. The minimum atomic E-state index is -0.914. The van der Waals surface area contributed by atoms with Gasteiger partial charge in [0.2, 0.25) is 5.91 Å². The molecule has 2 N–H and O–H groups in total.